The summed E-state index contributed by atoms with van der Waals surface area (Å²) in [4.78, 5) is 0.178. The van der Waals surface area contributed by atoms with Crippen molar-refractivity contribution in [2.45, 2.75) is 24.8 Å². The molecule has 0 amide bonds. The van der Waals surface area contributed by atoms with Gasteiger partial charge in [-0.3, -0.25) is 4.18 Å². The van der Waals surface area contributed by atoms with Gasteiger partial charge < -0.3 is 4.74 Å². The highest BCUT2D eigenvalue weighted by Gasteiger charge is 2.19. The van der Waals surface area contributed by atoms with Crippen molar-refractivity contribution in [1.29, 1.82) is 0 Å². The van der Waals surface area contributed by atoms with Crippen molar-refractivity contribution in [3.05, 3.63) is 59.2 Å². The van der Waals surface area contributed by atoms with Crippen LogP contribution in [0.5, 0.6) is 5.75 Å². The van der Waals surface area contributed by atoms with Crippen molar-refractivity contribution in [1.82, 2.24) is 0 Å². The highest BCUT2D eigenvalue weighted by molar-refractivity contribution is 7.86. The van der Waals surface area contributed by atoms with Gasteiger partial charge in [0.1, 0.15) is 5.75 Å². The Morgan fingerprint density at radius 1 is 1.14 bits per heavy atom. The third kappa shape index (κ3) is 2.94. The van der Waals surface area contributed by atoms with Crippen molar-refractivity contribution in [2.75, 3.05) is 6.61 Å². The first kappa shape index (κ1) is 14.1. The molecule has 2 aromatic carbocycles. The normalized spacial score (nSPS) is 13.8. The fourth-order valence-corrected chi connectivity index (χ4v) is 3.23. The highest BCUT2D eigenvalue weighted by atomic mass is 32.2. The molecule has 0 spiro atoms. The first-order chi connectivity index (χ1) is 10.1. The van der Waals surface area contributed by atoms with Crippen LogP contribution in [0.2, 0.25) is 0 Å². The zero-order chi connectivity index (χ0) is 14.9. The Morgan fingerprint density at radius 3 is 2.67 bits per heavy atom. The SMILES string of the molecule is Cc1ccc(S(=O)(=O)OCc2cccc3c2CCO3)cc1. The van der Waals surface area contributed by atoms with Crippen molar-refractivity contribution < 1.29 is 17.3 Å². The molecule has 4 nitrogen and oxygen atoms in total. The van der Waals surface area contributed by atoms with Gasteiger partial charge in [0.15, 0.2) is 0 Å². The molecule has 3 rings (SSSR count). The van der Waals surface area contributed by atoms with Crippen molar-refractivity contribution in [2.24, 2.45) is 0 Å². The monoisotopic (exact) mass is 304 g/mol. The number of hydrogen-bond donors (Lipinski definition) is 0. The molecule has 110 valence electrons. The van der Waals surface area contributed by atoms with Crippen LogP contribution in [0.3, 0.4) is 0 Å². The van der Waals surface area contributed by atoms with Gasteiger partial charge >= 0.3 is 0 Å². The van der Waals surface area contributed by atoms with E-state index in [2.05, 4.69) is 0 Å². The van der Waals surface area contributed by atoms with Crippen molar-refractivity contribution in [3.63, 3.8) is 0 Å². The molecule has 1 aliphatic rings. The van der Waals surface area contributed by atoms with Crippen molar-refractivity contribution in [3.8, 4) is 5.75 Å². The third-order valence-corrected chi connectivity index (χ3v) is 4.80. The summed E-state index contributed by atoms with van der Waals surface area (Å²) >= 11 is 0. The van der Waals surface area contributed by atoms with Gasteiger partial charge in [-0.25, -0.2) is 0 Å². The van der Waals surface area contributed by atoms with E-state index < -0.39 is 10.1 Å². The lowest BCUT2D eigenvalue weighted by molar-refractivity contribution is 0.307. The fourth-order valence-electron chi connectivity index (χ4n) is 2.34. The molecule has 0 unspecified atom stereocenters. The second kappa shape index (κ2) is 5.50. The molecule has 0 atom stereocenters. The van der Waals surface area contributed by atoms with Crippen LogP contribution in [0, 0.1) is 6.92 Å². The third-order valence-electron chi connectivity index (χ3n) is 3.52. The molecule has 2 aromatic rings. The van der Waals surface area contributed by atoms with E-state index in [0.717, 1.165) is 28.9 Å². The molecular weight excluding hydrogens is 288 g/mol. The quantitative estimate of drug-likeness (QED) is 0.815. The summed E-state index contributed by atoms with van der Waals surface area (Å²) in [5.74, 6) is 0.823. The number of ether oxygens (including phenoxy) is 1. The predicted molar refractivity (Wildman–Crippen MR) is 78.8 cm³/mol. The second-order valence-electron chi connectivity index (χ2n) is 5.02. The predicted octanol–water partition coefficient (Wildman–Crippen LogP) is 2.84. The minimum Gasteiger partial charge on any atom is -0.493 e. The minimum absolute atomic E-state index is 0.0305. The summed E-state index contributed by atoms with van der Waals surface area (Å²) in [6.45, 7) is 2.57. The molecule has 0 aliphatic carbocycles. The largest absolute Gasteiger partial charge is 0.493 e. The fraction of sp³-hybridized carbons (Fsp3) is 0.250. The van der Waals surface area contributed by atoms with Crippen LogP contribution in [0.1, 0.15) is 16.7 Å². The molecule has 0 bridgehead atoms. The van der Waals surface area contributed by atoms with E-state index in [9.17, 15) is 8.42 Å². The van der Waals surface area contributed by atoms with Crippen LogP contribution in [0.15, 0.2) is 47.4 Å². The Bertz CT molecular complexity index is 748. The van der Waals surface area contributed by atoms with Crippen LogP contribution in [0.25, 0.3) is 0 Å². The Kier molecular flexibility index (Phi) is 3.69. The minimum atomic E-state index is -3.73. The molecule has 0 fully saturated rings. The molecule has 5 heteroatoms. The number of rotatable bonds is 4. The summed E-state index contributed by atoms with van der Waals surface area (Å²) in [5, 5.41) is 0. The zero-order valence-corrected chi connectivity index (χ0v) is 12.5. The zero-order valence-electron chi connectivity index (χ0n) is 11.7. The van der Waals surface area contributed by atoms with Crippen LogP contribution in [-0.4, -0.2) is 15.0 Å². The van der Waals surface area contributed by atoms with E-state index in [-0.39, 0.29) is 11.5 Å². The van der Waals surface area contributed by atoms with Gasteiger partial charge in [0.25, 0.3) is 10.1 Å². The number of benzene rings is 2. The van der Waals surface area contributed by atoms with Gasteiger partial charge in [-0.2, -0.15) is 8.42 Å². The number of aryl methyl sites for hydroxylation is 1. The molecule has 0 radical (unpaired) electrons. The van der Waals surface area contributed by atoms with E-state index in [4.69, 9.17) is 8.92 Å². The Balaban J connectivity index is 1.78. The highest BCUT2D eigenvalue weighted by Crippen LogP contribution is 2.29. The molecule has 1 aliphatic heterocycles. The van der Waals surface area contributed by atoms with E-state index in [1.807, 2.05) is 25.1 Å². The topological polar surface area (TPSA) is 52.6 Å². The summed E-state index contributed by atoms with van der Waals surface area (Å²) in [7, 11) is -3.73. The second-order valence-corrected chi connectivity index (χ2v) is 6.64. The summed E-state index contributed by atoms with van der Waals surface area (Å²) in [5.41, 5.74) is 2.91. The lowest BCUT2D eigenvalue weighted by atomic mass is 10.1. The molecular formula is C16H16O4S. The molecule has 0 N–H and O–H groups in total. The summed E-state index contributed by atoms with van der Waals surface area (Å²) < 4.78 is 35.0. The smallest absolute Gasteiger partial charge is 0.297 e. The van der Waals surface area contributed by atoms with Gasteiger partial charge in [-0.15, -0.1) is 0 Å². The number of fused-ring (bicyclic) bond motifs is 1. The van der Waals surface area contributed by atoms with E-state index in [1.165, 1.54) is 0 Å². The van der Waals surface area contributed by atoms with Gasteiger partial charge in [0, 0.05) is 12.0 Å². The number of hydrogen-bond acceptors (Lipinski definition) is 4. The molecule has 1 heterocycles. The van der Waals surface area contributed by atoms with Gasteiger partial charge in [0.05, 0.1) is 18.1 Å². The first-order valence-corrected chi connectivity index (χ1v) is 8.17. The van der Waals surface area contributed by atoms with E-state index >= 15 is 0 Å². The van der Waals surface area contributed by atoms with E-state index in [0.29, 0.717) is 6.61 Å². The average molecular weight is 304 g/mol. The maximum atomic E-state index is 12.2. The summed E-state index contributed by atoms with van der Waals surface area (Å²) in [6.07, 6.45) is 0.791. The summed E-state index contributed by atoms with van der Waals surface area (Å²) in [6, 6.07) is 12.2. The maximum Gasteiger partial charge on any atom is 0.297 e. The average Bonchev–Trinajstić information content (AvgIpc) is 2.94. The Hall–Kier alpha value is -1.85. The molecule has 0 saturated carbocycles. The van der Waals surface area contributed by atoms with Gasteiger partial charge in [0.2, 0.25) is 0 Å². The van der Waals surface area contributed by atoms with Gasteiger partial charge in [-0.1, -0.05) is 29.8 Å². The standard InChI is InChI=1S/C16H16O4S/c1-12-5-7-14(8-6-12)21(17,18)20-11-13-3-2-4-16-15(13)9-10-19-16/h2-8H,9-11H2,1H3. The first-order valence-electron chi connectivity index (χ1n) is 6.76. The molecule has 0 aromatic heterocycles. The molecule has 21 heavy (non-hydrogen) atoms. The maximum absolute atomic E-state index is 12.2. The van der Waals surface area contributed by atoms with Crippen LogP contribution in [-0.2, 0) is 27.3 Å². The Morgan fingerprint density at radius 2 is 1.90 bits per heavy atom. The Labute approximate surface area is 124 Å². The van der Waals surface area contributed by atoms with Crippen LogP contribution >= 0.6 is 0 Å². The van der Waals surface area contributed by atoms with Crippen LogP contribution < -0.4 is 4.74 Å². The van der Waals surface area contributed by atoms with Crippen LogP contribution in [0.4, 0.5) is 0 Å². The van der Waals surface area contributed by atoms with E-state index in [1.54, 1.807) is 24.3 Å². The lowest BCUT2D eigenvalue weighted by Crippen LogP contribution is -2.07. The molecule has 0 saturated heterocycles. The lowest BCUT2D eigenvalue weighted by Gasteiger charge is -2.09. The van der Waals surface area contributed by atoms with Crippen molar-refractivity contribution >= 4 is 10.1 Å². The van der Waals surface area contributed by atoms with Gasteiger partial charge in [-0.05, 0) is 30.7 Å².